The smallest absolute Gasteiger partial charge is 0.262 e. The second-order valence-electron chi connectivity index (χ2n) is 5.90. The average molecular weight is 339 g/mol. The number of carbonyl (C=O) groups excluding carboxylic acids is 2. The van der Waals surface area contributed by atoms with Crippen molar-refractivity contribution in [3.05, 3.63) is 59.7 Å². The molecule has 2 amide bonds. The minimum Gasteiger partial charge on any atom is -0.482 e. The van der Waals surface area contributed by atoms with Crippen molar-refractivity contribution >= 4 is 17.5 Å². The Labute approximate surface area is 146 Å². The molecular weight excluding hydrogens is 318 g/mol. The lowest BCUT2D eigenvalue weighted by Crippen LogP contribution is -2.33. The van der Waals surface area contributed by atoms with E-state index in [1.54, 1.807) is 23.1 Å². The van der Waals surface area contributed by atoms with E-state index in [0.29, 0.717) is 36.6 Å². The SMILES string of the molecule is NCCCN(Cc1ccccc1)C(=O)c1ccc2c(c1)NC(=O)CO2. The first-order valence-electron chi connectivity index (χ1n) is 8.27. The fourth-order valence-corrected chi connectivity index (χ4v) is 2.74. The van der Waals surface area contributed by atoms with Gasteiger partial charge in [-0.3, -0.25) is 9.59 Å². The van der Waals surface area contributed by atoms with E-state index in [9.17, 15) is 9.59 Å². The third-order valence-corrected chi connectivity index (χ3v) is 3.99. The van der Waals surface area contributed by atoms with E-state index in [1.807, 2.05) is 30.3 Å². The molecule has 0 aromatic heterocycles. The van der Waals surface area contributed by atoms with Crippen molar-refractivity contribution in [3.63, 3.8) is 0 Å². The minimum atomic E-state index is -0.221. The van der Waals surface area contributed by atoms with Crippen LogP contribution in [-0.4, -0.2) is 36.4 Å². The predicted octanol–water partition coefficient (Wildman–Crippen LogP) is 2.01. The van der Waals surface area contributed by atoms with Gasteiger partial charge in [-0.05, 0) is 36.7 Å². The monoisotopic (exact) mass is 339 g/mol. The van der Waals surface area contributed by atoms with Crippen LogP contribution in [0.2, 0.25) is 0 Å². The number of nitrogens with one attached hydrogen (secondary N) is 1. The van der Waals surface area contributed by atoms with Crippen LogP contribution in [0.25, 0.3) is 0 Å². The summed E-state index contributed by atoms with van der Waals surface area (Å²) in [5.41, 5.74) is 7.71. The summed E-state index contributed by atoms with van der Waals surface area (Å²) >= 11 is 0. The fourth-order valence-electron chi connectivity index (χ4n) is 2.74. The molecule has 0 atom stereocenters. The standard InChI is InChI=1S/C19H21N3O3/c20-9-4-10-22(12-14-5-2-1-3-6-14)19(24)15-7-8-17-16(11-15)21-18(23)13-25-17/h1-3,5-8,11H,4,9-10,12-13,20H2,(H,21,23). The van der Waals surface area contributed by atoms with Crippen LogP contribution in [0.4, 0.5) is 5.69 Å². The van der Waals surface area contributed by atoms with Crippen LogP contribution < -0.4 is 15.8 Å². The third-order valence-electron chi connectivity index (χ3n) is 3.99. The van der Waals surface area contributed by atoms with Gasteiger partial charge in [-0.1, -0.05) is 30.3 Å². The Hall–Kier alpha value is -2.86. The zero-order valence-electron chi connectivity index (χ0n) is 13.9. The van der Waals surface area contributed by atoms with Crippen LogP contribution in [0.3, 0.4) is 0 Å². The van der Waals surface area contributed by atoms with Crippen LogP contribution in [-0.2, 0) is 11.3 Å². The molecule has 1 aliphatic rings. The summed E-state index contributed by atoms with van der Waals surface area (Å²) in [5, 5.41) is 2.73. The first kappa shape index (κ1) is 17.0. The Morgan fingerprint density at radius 2 is 2.00 bits per heavy atom. The van der Waals surface area contributed by atoms with Crippen LogP contribution in [0.1, 0.15) is 22.3 Å². The number of amides is 2. The van der Waals surface area contributed by atoms with Crippen LogP contribution in [0.5, 0.6) is 5.75 Å². The molecule has 2 aromatic carbocycles. The number of nitrogens with two attached hydrogens (primary N) is 1. The minimum absolute atomic E-state index is 0.00305. The molecule has 1 heterocycles. The molecule has 130 valence electrons. The van der Waals surface area contributed by atoms with E-state index in [1.165, 1.54) is 0 Å². The molecule has 0 saturated heterocycles. The Balaban J connectivity index is 1.81. The first-order valence-corrected chi connectivity index (χ1v) is 8.27. The Morgan fingerprint density at radius 1 is 1.20 bits per heavy atom. The summed E-state index contributed by atoms with van der Waals surface area (Å²) in [6.07, 6.45) is 0.726. The summed E-state index contributed by atoms with van der Waals surface area (Å²) < 4.78 is 5.34. The molecule has 0 bridgehead atoms. The molecule has 1 aliphatic heterocycles. The Kier molecular flexibility index (Phi) is 5.30. The van der Waals surface area contributed by atoms with Gasteiger partial charge in [0.1, 0.15) is 5.75 Å². The third kappa shape index (κ3) is 4.16. The molecule has 0 radical (unpaired) electrons. The van der Waals surface area contributed by atoms with Crippen molar-refractivity contribution < 1.29 is 14.3 Å². The number of benzene rings is 2. The van der Waals surface area contributed by atoms with Crippen molar-refractivity contribution in [2.24, 2.45) is 5.73 Å². The highest BCUT2D eigenvalue weighted by atomic mass is 16.5. The van der Waals surface area contributed by atoms with Crippen LogP contribution in [0, 0.1) is 0 Å². The summed E-state index contributed by atoms with van der Waals surface area (Å²) in [6.45, 7) is 1.60. The van der Waals surface area contributed by atoms with Crippen molar-refractivity contribution in [1.82, 2.24) is 4.90 Å². The number of rotatable bonds is 6. The molecular formula is C19H21N3O3. The molecule has 3 N–H and O–H groups in total. The number of fused-ring (bicyclic) bond motifs is 1. The summed E-state index contributed by atoms with van der Waals surface area (Å²) in [6, 6.07) is 14.9. The summed E-state index contributed by atoms with van der Waals surface area (Å²) in [4.78, 5) is 26.2. The number of carbonyl (C=O) groups is 2. The second-order valence-corrected chi connectivity index (χ2v) is 5.90. The highest BCUT2D eigenvalue weighted by molar-refractivity contribution is 5.99. The van der Waals surface area contributed by atoms with Crippen molar-refractivity contribution in [2.45, 2.75) is 13.0 Å². The highest BCUT2D eigenvalue weighted by Gasteiger charge is 2.21. The van der Waals surface area contributed by atoms with E-state index < -0.39 is 0 Å². The van der Waals surface area contributed by atoms with Crippen LogP contribution >= 0.6 is 0 Å². The normalized spacial score (nSPS) is 12.8. The van der Waals surface area contributed by atoms with Gasteiger partial charge in [-0.25, -0.2) is 0 Å². The van der Waals surface area contributed by atoms with Crippen molar-refractivity contribution in [3.8, 4) is 5.75 Å². The number of ether oxygens (including phenoxy) is 1. The molecule has 2 aromatic rings. The lowest BCUT2D eigenvalue weighted by Gasteiger charge is -2.24. The highest BCUT2D eigenvalue weighted by Crippen LogP contribution is 2.29. The van der Waals surface area contributed by atoms with Crippen molar-refractivity contribution in [2.75, 3.05) is 25.0 Å². The van der Waals surface area contributed by atoms with Gasteiger partial charge in [0, 0.05) is 18.7 Å². The van der Waals surface area contributed by atoms with Gasteiger partial charge in [-0.2, -0.15) is 0 Å². The van der Waals surface area contributed by atoms with Crippen LogP contribution in [0.15, 0.2) is 48.5 Å². The van der Waals surface area contributed by atoms with E-state index in [2.05, 4.69) is 5.32 Å². The molecule has 0 unspecified atom stereocenters. The lowest BCUT2D eigenvalue weighted by atomic mass is 10.1. The molecule has 0 aliphatic carbocycles. The van der Waals surface area contributed by atoms with E-state index >= 15 is 0 Å². The maximum atomic E-state index is 13.0. The van der Waals surface area contributed by atoms with E-state index in [-0.39, 0.29) is 18.4 Å². The molecule has 6 heteroatoms. The zero-order chi connectivity index (χ0) is 17.6. The van der Waals surface area contributed by atoms with E-state index in [0.717, 1.165) is 12.0 Å². The fraction of sp³-hybridized carbons (Fsp3) is 0.263. The maximum Gasteiger partial charge on any atom is 0.262 e. The first-order chi connectivity index (χ1) is 12.2. The van der Waals surface area contributed by atoms with Gasteiger partial charge in [-0.15, -0.1) is 0 Å². The number of nitrogens with zero attached hydrogens (tertiary/aromatic N) is 1. The molecule has 0 saturated carbocycles. The van der Waals surface area contributed by atoms with Gasteiger partial charge < -0.3 is 20.7 Å². The zero-order valence-corrected chi connectivity index (χ0v) is 13.9. The molecule has 25 heavy (non-hydrogen) atoms. The number of hydrogen-bond acceptors (Lipinski definition) is 4. The Morgan fingerprint density at radius 3 is 2.76 bits per heavy atom. The molecule has 6 nitrogen and oxygen atoms in total. The van der Waals surface area contributed by atoms with Gasteiger partial charge in [0.15, 0.2) is 6.61 Å². The summed E-state index contributed by atoms with van der Waals surface area (Å²) in [7, 11) is 0. The van der Waals surface area contributed by atoms with E-state index in [4.69, 9.17) is 10.5 Å². The maximum absolute atomic E-state index is 13.0. The lowest BCUT2D eigenvalue weighted by molar-refractivity contribution is -0.118. The number of anilines is 1. The van der Waals surface area contributed by atoms with Gasteiger partial charge in [0.05, 0.1) is 5.69 Å². The second kappa shape index (κ2) is 7.81. The molecule has 3 rings (SSSR count). The average Bonchev–Trinajstić information content (AvgIpc) is 2.64. The Bertz CT molecular complexity index is 762. The van der Waals surface area contributed by atoms with Crippen molar-refractivity contribution in [1.29, 1.82) is 0 Å². The number of hydrogen-bond donors (Lipinski definition) is 2. The molecule has 0 fully saturated rings. The quantitative estimate of drug-likeness (QED) is 0.843. The predicted molar refractivity (Wildman–Crippen MR) is 95.4 cm³/mol. The largest absolute Gasteiger partial charge is 0.482 e. The topological polar surface area (TPSA) is 84.7 Å². The van der Waals surface area contributed by atoms with Gasteiger partial charge in [0.2, 0.25) is 0 Å². The van der Waals surface area contributed by atoms with Gasteiger partial charge in [0.25, 0.3) is 11.8 Å². The molecule has 0 spiro atoms. The summed E-state index contributed by atoms with van der Waals surface area (Å²) in [5.74, 6) is 0.258. The van der Waals surface area contributed by atoms with Gasteiger partial charge >= 0.3 is 0 Å².